The van der Waals surface area contributed by atoms with Gasteiger partial charge in [0.1, 0.15) is 0 Å². The summed E-state index contributed by atoms with van der Waals surface area (Å²) in [5.74, 6) is 0.00974. The molecule has 0 spiro atoms. The largest absolute Gasteiger partial charge is 0.493 e. The summed E-state index contributed by atoms with van der Waals surface area (Å²) in [5, 5.41) is 19.7. The molecule has 1 aromatic carbocycles. The molecule has 2 N–H and O–H groups in total. The lowest BCUT2D eigenvalue weighted by Crippen LogP contribution is -2.28. The van der Waals surface area contributed by atoms with Crippen molar-refractivity contribution < 1.29 is 5.11 Å². The molecule has 5 nitrogen and oxygen atoms in total. The number of halogens is 1. The molecule has 0 aliphatic carbocycles. The van der Waals surface area contributed by atoms with Gasteiger partial charge in [0, 0.05) is 22.9 Å². The molecule has 1 saturated heterocycles. The summed E-state index contributed by atoms with van der Waals surface area (Å²) in [6.07, 6.45) is 4.77. The molecular formula is C15H17BrN4OS. The van der Waals surface area contributed by atoms with E-state index in [1.807, 2.05) is 18.2 Å². The van der Waals surface area contributed by atoms with E-state index in [1.54, 1.807) is 0 Å². The van der Waals surface area contributed by atoms with Crippen LogP contribution in [0.15, 0.2) is 32.9 Å². The Morgan fingerprint density at radius 3 is 2.68 bits per heavy atom. The van der Waals surface area contributed by atoms with E-state index in [-0.39, 0.29) is 5.88 Å². The van der Waals surface area contributed by atoms with E-state index >= 15 is 0 Å². The molecular weight excluding hydrogens is 364 g/mol. The molecule has 2 aromatic rings. The number of nitrogens with one attached hydrogen (secondary N) is 1. The number of thiocarbonyl (C=S) groups is 1. The summed E-state index contributed by atoms with van der Waals surface area (Å²) >= 11 is 8.79. The van der Waals surface area contributed by atoms with Gasteiger partial charge in [-0.15, -0.1) is 10.2 Å². The third kappa shape index (κ3) is 3.30. The van der Waals surface area contributed by atoms with Crippen LogP contribution in [0.3, 0.4) is 0 Å². The number of H-pyrrole nitrogens is 1. The fourth-order valence-corrected chi connectivity index (χ4v) is 3.24. The van der Waals surface area contributed by atoms with Crippen LogP contribution >= 0.6 is 28.1 Å². The molecule has 0 saturated carbocycles. The molecule has 1 aromatic heterocycles. The van der Waals surface area contributed by atoms with Crippen molar-refractivity contribution in [3.05, 3.63) is 22.7 Å². The van der Waals surface area contributed by atoms with Crippen LogP contribution in [0.4, 0.5) is 5.69 Å². The van der Waals surface area contributed by atoms with Gasteiger partial charge in [-0.1, -0.05) is 28.8 Å². The zero-order valence-electron chi connectivity index (χ0n) is 12.0. The second-order valence-corrected chi connectivity index (χ2v) is 6.68. The van der Waals surface area contributed by atoms with Gasteiger partial charge < -0.3 is 15.0 Å². The summed E-state index contributed by atoms with van der Waals surface area (Å²) in [7, 11) is 0. The van der Waals surface area contributed by atoms with Crippen molar-refractivity contribution in [1.82, 2.24) is 9.88 Å². The Labute approximate surface area is 142 Å². The van der Waals surface area contributed by atoms with Gasteiger partial charge in [-0.2, -0.15) is 0 Å². The van der Waals surface area contributed by atoms with Crippen LogP contribution in [-0.2, 0) is 0 Å². The molecule has 0 radical (unpaired) electrons. The van der Waals surface area contributed by atoms with Gasteiger partial charge in [0.2, 0.25) is 11.0 Å². The monoisotopic (exact) mass is 380 g/mol. The quantitative estimate of drug-likeness (QED) is 0.547. The van der Waals surface area contributed by atoms with Gasteiger partial charge in [-0.3, -0.25) is 0 Å². The van der Waals surface area contributed by atoms with E-state index in [0.29, 0.717) is 10.8 Å². The number of aromatic nitrogens is 1. The molecule has 3 rings (SSSR count). The zero-order valence-corrected chi connectivity index (χ0v) is 14.5. The van der Waals surface area contributed by atoms with E-state index in [0.717, 1.165) is 41.3 Å². The van der Waals surface area contributed by atoms with Crippen molar-refractivity contribution in [2.45, 2.75) is 25.7 Å². The van der Waals surface area contributed by atoms with Crippen LogP contribution in [0.1, 0.15) is 25.7 Å². The molecule has 1 fully saturated rings. The van der Waals surface area contributed by atoms with Gasteiger partial charge >= 0.3 is 0 Å². The van der Waals surface area contributed by atoms with Crippen LogP contribution in [-0.4, -0.2) is 33.2 Å². The summed E-state index contributed by atoms with van der Waals surface area (Å²) in [6.45, 7) is 1.87. The smallest absolute Gasteiger partial charge is 0.218 e. The molecule has 0 bridgehead atoms. The first-order chi connectivity index (χ1) is 10.6. The van der Waals surface area contributed by atoms with Crippen molar-refractivity contribution in [2.75, 3.05) is 13.1 Å². The minimum absolute atomic E-state index is 0.00974. The van der Waals surface area contributed by atoms with E-state index in [2.05, 4.69) is 36.0 Å². The highest BCUT2D eigenvalue weighted by Crippen LogP contribution is 2.36. The standard InChI is InChI=1S/C15H17BrN4OS/c16-10-5-6-12-11(9-10)13(14(21)17-12)18-19-15(22)20-7-3-1-2-4-8-20/h5-6,9,17,21H,1-4,7-8H2. The first-order valence-corrected chi connectivity index (χ1v) is 8.56. The number of aromatic hydroxyl groups is 1. The Hall–Kier alpha value is -1.47. The fourth-order valence-electron chi connectivity index (χ4n) is 2.65. The Morgan fingerprint density at radius 1 is 1.23 bits per heavy atom. The minimum Gasteiger partial charge on any atom is -0.493 e. The summed E-state index contributed by atoms with van der Waals surface area (Å²) in [4.78, 5) is 4.98. The number of azo groups is 1. The third-order valence-electron chi connectivity index (χ3n) is 3.83. The predicted molar refractivity (Wildman–Crippen MR) is 94.8 cm³/mol. The highest BCUT2D eigenvalue weighted by molar-refractivity contribution is 9.10. The van der Waals surface area contributed by atoms with Crippen molar-refractivity contribution in [1.29, 1.82) is 0 Å². The number of hydrogen-bond donors (Lipinski definition) is 2. The summed E-state index contributed by atoms with van der Waals surface area (Å²) < 4.78 is 0.922. The summed E-state index contributed by atoms with van der Waals surface area (Å²) in [6, 6.07) is 5.68. The number of aromatic amines is 1. The highest BCUT2D eigenvalue weighted by Gasteiger charge is 2.14. The zero-order chi connectivity index (χ0) is 15.5. The van der Waals surface area contributed by atoms with Crippen molar-refractivity contribution in [3.8, 4) is 5.88 Å². The summed E-state index contributed by atoms with van der Waals surface area (Å²) in [5.41, 5.74) is 1.24. The normalized spacial score (nSPS) is 16.3. The second-order valence-electron chi connectivity index (χ2n) is 5.40. The van der Waals surface area contributed by atoms with Gasteiger partial charge in [-0.05, 0) is 43.3 Å². The van der Waals surface area contributed by atoms with Crippen LogP contribution in [0.2, 0.25) is 0 Å². The molecule has 0 unspecified atom stereocenters. The lowest BCUT2D eigenvalue weighted by Gasteiger charge is -2.18. The van der Waals surface area contributed by atoms with Gasteiger partial charge in [-0.25, -0.2) is 0 Å². The molecule has 116 valence electrons. The van der Waals surface area contributed by atoms with E-state index in [1.165, 1.54) is 12.8 Å². The van der Waals surface area contributed by atoms with E-state index < -0.39 is 0 Å². The first-order valence-electron chi connectivity index (χ1n) is 7.36. The molecule has 1 aliphatic heterocycles. The maximum Gasteiger partial charge on any atom is 0.218 e. The molecule has 0 amide bonds. The third-order valence-corrected chi connectivity index (χ3v) is 4.66. The van der Waals surface area contributed by atoms with Crippen LogP contribution < -0.4 is 0 Å². The Balaban J connectivity index is 1.84. The average Bonchev–Trinajstić information content (AvgIpc) is 2.70. The topological polar surface area (TPSA) is 64.0 Å². The Morgan fingerprint density at radius 2 is 1.95 bits per heavy atom. The maximum atomic E-state index is 10.0. The highest BCUT2D eigenvalue weighted by atomic mass is 79.9. The van der Waals surface area contributed by atoms with Gasteiger partial charge in [0.05, 0.1) is 5.52 Å². The Kier molecular flexibility index (Phi) is 4.73. The number of nitrogens with zero attached hydrogens (tertiary/aromatic N) is 3. The number of benzene rings is 1. The molecule has 1 aliphatic rings. The number of likely N-dealkylation sites (tertiary alicyclic amines) is 1. The molecule has 0 atom stereocenters. The predicted octanol–water partition coefficient (Wildman–Crippen LogP) is 4.88. The molecule has 2 heterocycles. The molecule has 22 heavy (non-hydrogen) atoms. The first kappa shape index (κ1) is 15.4. The van der Waals surface area contributed by atoms with Crippen molar-refractivity contribution >= 4 is 49.9 Å². The van der Waals surface area contributed by atoms with Crippen LogP contribution in [0.25, 0.3) is 10.9 Å². The number of hydrogen-bond acceptors (Lipinski definition) is 3. The van der Waals surface area contributed by atoms with Crippen molar-refractivity contribution in [2.24, 2.45) is 10.2 Å². The maximum absolute atomic E-state index is 10.0. The number of rotatable bonds is 1. The van der Waals surface area contributed by atoms with Crippen LogP contribution in [0, 0.1) is 0 Å². The van der Waals surface area contributed by atoms with E-state index in [4.69, 9.17) is 12.2 Å². The average molecular weight is 381 g/mol. The van der Waals surface area contributed by atoms with Gasteiger partial charge in [0.15, 0.2) is 5.69 Å². The molecule has 7 heteroatoms. The fraction of sp³-hybridized carbons (Fsp3) is 0.400. The van der Waals surface area contributed by atoms with Gasteiger partial charge in [0.25, 0.3) is 0 Å². The SMILES string of the molecule is Oc1[nH]c2ccc(Br)cc2c1N=NC(=S)N1CCCCCC1. The van der Waals surface area contributed by atoms with Crippen molar-refractivity contribution in [3.63, 3.8) is 0 Å². The van der Waals surface area contributed by atoms with E-state index in [9.17, 15) is 5.11 Å². The lowest BCUT2D eigenvalue weighted by atomic mass is 10.2. The lowest BCUT2D eigenvalue weighted by molar-refractivity contribution is 0.436. The van der Waals surface area contributed by atoms with Crippen LogP contribution in [0.5, 0.6) is 5.88 Å². The Bertz CT molecular complexity index is 720. The minimum atomic E-state index is 0.00974. The number of fused-ring (bicyclic) bond motifs is 1. The second kappa shape index (κ2) is 6.75.